The summed E-state index contributed by atoms with van der Waals surface area (Å²) in [7, 11) is -4.85. The van der Waals surface area contributed by atoms with Gasteiger partial charge in [-0.2, -0.15) is 0 Å². The van der Waals surface area contributed by atoms with Gasteiger partial charge in [-0.15, -0.1) is 11.3 Å². The molecule has 21 heavy (non-hydrogen) atoms. The van der Waals surface area contributed by atoms with Crippen molar-refractivity contribution in [2.45, 2.75) is 5.91 Å². The second-order valence-electron chi connectivity index (χ2n) is 4.22. The highest BCUT2D eigenvalue weighted by Gasteiger charge is 2.30. The van der Waals surface area contributed by atoms with Crippen molar-refractivity contribution in [1.29, 1.82) is 0 Å². The zero-order valence-electron chi connectivity index (χ0n) is 10.7. The van der Waals surface area contributed by atoms with Gasteiger partial charge in [0.15, 0.2) is 0 Å². The van der Waals surface area contributed by atoms with E-state index >= 15 is 0 Å². The molecule has 0 radical (unpaired) electrons. The predicted octanol–water partition coefficient (Wildman–Crippen LogP) is 3.39. The van der Waals surface area contributed by atoms with E-state index < -0.39 is 19.5 Å². The van der Waals surface area contributed by atoms with Crippen LogP contribution in [-0.4, -0.2) is 22.4 Å². The van der Waals surface area contributed by atoms with Crippen LogP contribution in [0.15, 0.2) is 36.9 Å². The van der Waals surface area contributed by atoms with E-state index in [9.17, 15) is 13.8 Å². The second kappa shape index (κ2) is 6.07. The molecule has 0 aliphatic carbocycles. The van der Waals surface area contributed by atoms with Crippen molar-refractivity contribution < 1.29 is 28.3 Å². The fraction of sp³-hybridized carbons (Fsp3) is 0.154. The standard InChI is InChI=1S/C13H12FO5PS/c1-2-5-19-13(15)11-7-9-6-8(3-4-10(9)21-11)12(14)20(16,17)18/h2-4,6-7,12H,1,5H2,(H2,16,17,18)/t12-/m0/s1. The van der Waals surface area contributed by atoms with Crippen molar-refractivity contribution in [2.24, 2.45) is 0 Å². The van der Waals surface area contributed by atoms with Crippen LogP contribution in [0.4, 0.5) is 4.39 Å². The van der Waals surface area contributed by atoms with E-state index in [0.717, 1.165) is 11.3 Å². The molecule has 0 aliphatic rings. The molecule has 0 amide bonds. The van der Waals surface area contributed by atoms with Crippen LogP contribution in [-0.2, 0) is 9.30 Å². The van der Waals surface area contributed by atoms with Gasteiger partial charge in [0.2, 0.25) is 5.91 Å². The average Bonchev–Trinajstić information content (AvgIpc) is 2.85. The molecule has 5 nitrogen and oxygen atoms in total. The Morgan fingerprint density at radius 2 is 2.19 bits per heavy atom. The molecule has 1 atom stereocenters. The number of hydrogen-bond acceptors (Lipinski definition) is 4. The van der Waals surface area contributed by atoms with E-state index in [2.05, 4.69) is 6.58 Å². The maximum atomic E-state index is 13.6. The van der Waals surface area contributed by atoms with E-state index in [1.807, 2.05) is 0 Å². The third-order valence-corrected chi connectivity index (χ3v) is 4.63. The van der Waals surface area contributed by atoms with Crippen LogP contribution in [0, 0.1) is 0 Å². The number of benzene rings is 1. The maximum Gasteiger partial charge on any atom is 0.363 e. The van der Waals surface area contributed by atoms with Gasteiger partial charge in [-0.1, -0.05) is 18.7 Å². The van der Waals surface area contributed by atoms with Crippen molar-refractivity contribution in [2.75, 3.05) is 6.61 Å². The average molecular weight is 330 g/mol. The highest BCUT2D eigenvalue weighted by Crippen LogP contribution is 2.53. The Hall–Kier alpha value is -1.53. The lowest BCUT2D eigenvalue weighted by molar-refractivity contribution is 0.0555. The van der Waals surface area contributed by atoms with Crippen LogP contribution in [0.5, 0.6) is 0 Å². The SMILES string of the molecule is C=CCOC(=O)c1cc2cc([C@@H](F)P(=O)(O)O)ccc2s1. The third-order valence-electron chi connectivity index (χ3n) is 2.64. The van der Waals surface area contributed by atoms with E-state index in [1.165, 1.54) is 30.3 Å². The Morgan fingerprint density at radius 3 is 2.81 bits per heavy atom. The molecule has 0 fully saturated rings. The molecule has 1 aromatic heterocycles. The number of ether oxygens (including phenoxy) is 1. The number of thiophene rings is 1. The summed E-state index contributed by atoms with van der Waals surface area (Å²) in [6.45, 7) is 3.52. The summed E-state index contributed by atoms with van der Waals surface area (Å²) < 4.78 is 30.2. The quantitative estimate of drug-likeness (QED) is 0.499. The van der Waals surface area contributed by atoms with Crippen molar-refractivity contribution in [3.05, 3.63) is 47.4 Å². The lowest BCUT2D eigenvalue weighted by atomic mass is 10.2. The molecule has 0 saturated carbocycles. The van der Waals surface area contributed by atoms with Gasteiger partial charge in [0, 0.05) is 4.70 Å². The molecule has 8 heteroatoms. The number of halogens is 1. The molecule has 1 heterocycles. The highest BCUT2D eigenvalue weighted by atomic mass is 32.1. The number of alkyl halides is 1. The van der Waals surface area contributed by atoms with Gasteiger partial charge >= 0.3 is 13.6 Å². The molecular formula is C13H12FO5PS. The van der Waals surface area contributed by atoms with Gasteiger partial charge < -0.3 is 14.5 Å². The lowest BCUT2D eigenvalue weighted by Gasteiger charge is -2.09. The van der Waals surface area contributed by atoms with Crippen molar-refractivity contribution in [3.8, 4) is 0 Å². The molecule has 0 spiro atoms. The Balaban J connectivity index is 2.34. The summed E-state index contributed by atoms with van der Waals surface area (Å²) in [6.07, 6.45) is 1.44. The molecule has 0 saturated heterocycles. The van der Waals surface area contributed by atoms with Gasteiger partial charge in [0.05, 0.1) is 0 Å². The molecule has 2 aromatic rings. The summed E-state index contributed by atoms with van der Waals surface area (Å²) in [6, 6.07) is 5.63. The predicted molar refractivity (Wildman–Crippen MR) is 78.2 cm³/mol. The van der Waals surface area contributed by atoms with Crippen molar-refractivity contribution >= 4 is 35.0 Å². The molecular weight excluding hydrogens is 318 g/mol. The monoisotopic (exact) mass is 330 g/mol. The van der Waals surface area contributed by atoms with E-state index in [1.54, 1.807) is 0 Å². The number of rotatable bonds is 5. The van der Waals surface area contributed by atoms with Crippen LogP contribution in [0.3, 0.4) is 0 Å². The summed E-state index contributed by atoms with van der Waals surface area (Å²) in [5.74, 6) is -2.90. The molecule has 1 aromatic carbocycles. The molecule has 2 rings (SSSR count). The van der Waals surface area contributed by atoms with Crippen LogP contribution < -0.4 is 0 Å². The number of carbonyl (C=O) groups is 1. The molecule has 2 N–H and O–H groups in total. The van der Waals surface area contributed by atoms with E-state index in [4.69, 9.17) is 14.5 Å². The minimum absolute atomic E-state index is 0.0864. The first-order chi connectivity index (χ1) is 9.82. The van der Waals surface area contributed by atoms with Gasteiger partial charge in [0.25, 0.3) is 0 Å². The van der Waals surface area contributed by atoms with Crippen LogP contribution in [0.1, 0.15) is 21.1 Å². The van der Waals surface area contributed by atoms with E-state index in [-0.39, 0.29) is 12.2 Å². The van der Waals surface area contributed by atoms with Crippen LogP contribution in [0.2, 0.25) is 0 Å². The van der Waals surface area contributed by atoms with Gasteiger partial charge in [0.1, 0.15) is 11.5 Å². The lowest BCUT2D eigenvalue weighted by Crippen LogP contribution is -2.02. The zero-order valence-corrected chi connectivity index (χ0v) is 12.4. The number of esters is 1. The summed E-state index contributed by atoms with van der Waals surface area (Å²) in [5, 5.41) is 0.527. The fourth-order valence-corrected chi connectivity index (χ4v) is 3.20. The smallest absolute Gasteiger partial charge is 0.363 e. The number of carbonyl (C=O) groups excluding carboxylic acids is 1. The zero-order chi connectivity index (χ0) is 15.6. The Kier molecular flexibility index (Phi) is 4.58. The van der Waals surface area contributed by atoms with Crippen molar-refractivity contribution in [3.63, 3.8) is 0 Å². The normalized spacial score (nSPS) is 13.1. The van der Waals surface area contributed by atoms with Gasteiger partial charge in [-0.25, -0.2) is 9.18 Å². The van der Waals surface area contributed by atoms with Crippen molar-refractivity contribution in [1.82, 2.24) is 0 Å². The highest BCUT2D eigenvalue weighted by molar-refractivity contribution is 7.51. The molecule has 0 bridgehead atoms. The second-order valence-corrected chi connectivity index (χ2v) is 6.94. The Labute approximate surface area is 123 Å². The largest absolute Gasteiger partial charge is 0.457 e. The third kappa shape index (κ3) is 3.57. The Morgan fingerprint density at radius 1 is 1.48 bits per heavy atom. The van der Waals surface area contributed by atoms with Crippen LogP contribution >= 0.6 is 18.9 Å². The number of hydrogen-bond donors (Lipinski definition) is 2. The Bertz CT molecular complexity index is 735. The summed E-state index contributed by atoms with van der Waals surface area (Å²) >= 11 is 1.16. The summed E-state index contributed by atoms with van der Waals surface area (Å²) in [5.41, 5.74) is -0.125. The van der Waals surface area contributed by atoms with Gasteiger partial charge in [-0.05, 0) is 29.1 Å². The topological polar surface area (TPSA) is 83.8 Å². The molecule has 0 unspecified atom stereocenters. The molecule has 112 valence electrons. The first kappa shape index (κ1) is 15.9. The van der Waals surface area contributed by atoms with Gasteiger partial charge in [-0.3, -0.25) is 4.57 Å². The maximum absolute atomic E-state index is 13.6. The van der Waals surface area contributed by atoms with Crippen LogP contribution in [0.25, 0.3) is 10.1 Å². The fourth-order valence-electron chi connectivity index (χ4n) is 1.71. The summed E-state index contributed by atoms with van der Waals surface area (Å²) in [4.78, 5) is 29.7. The first-order valence-electron chi connectivity index (χ1n) is 5.83. The minimum atomic E-state index is -4.85. The minimum Gasteiger partial charge on any atom is -0.457 e. The van der Waals surface area contributed by atoms with E-state index in [0.29, 0.717) is 15.0 Å². The first-order valence-corrected chi connectivity index (χ1v) is 8.33. The number of fused-ring (bicyclic) bond motifs is 1. The molecule has 0 aliphatic heterocycles.